The van der Waals surface area contributed by atoms with Crippen molar-refractivity contribution in [1.29, 1.82) is 0 Å². The number of fused-ring (bicyclic) bond motifs is 1. The molecule has 2 bridgehead atoms. The van der Waals surface area contributed by atoms with Crippen molar-refractivity contribution in [2.75, 3.05) is 31.6 Å². The lowest BCUT2D eigenvalue weighted by Crippen LogP contribution is -2.68. The third-order valence-electron chi connectivity index (χ3n) is 8.32. The topological polar surface area (TPSA) is 122 Å². The van der Waals surface area contributed by atoms with Gasteiger partial charge >= 0.3 is 6.09 Å². The molecule has 37 heavy (non-hydrogen) atoms. The molecule has 0 radical (unpaired) electrons. The Morgan fingerprint density at radius 3 is 2.89 bits per heavy atom. The van der Waals surface area contributed by atoms with Gasteiger partial charge in [-0.3, -0.25) is 14.4 Å². The number of hydrogen-bond donors (Lipinski definition) is 3. The highest BCUT2D eigenvalue weighted by atomic mass is 19.1. The largest absolute Gasteiger partial charge is 0.443 e. The minimum absolute atomic E-state index is 0.0785. The number of aromatic nitrogens is 5. The number of imidazole rings is 1. The quantitative estimate of drug-likeness (QED) is 0.444. The molecule has 196 valence electrons. The zero-order valence-corrected chi connectivity index (χ0v) is 20.5. The van der Waals surface area contributed by atoms with Crippen molar-refractivity contribution in [1.82, 2.24) is 34.8 Å². The summed E-state index contributed by atoms with van der Waals surface area (Å²) in [5.41, 5.74) is 2.33. The number of ether oxygens (including phenoxy) is 2. The predicted molar refractivity (Wildman–Crippen MR) is 131 cm³/mol. The molecule has 0 unspecified atom stereocenters. The molecule has 1 saturated heterocycles. The minimum atomic E-state index is -1.29. The van der Waals surface area contributed by atoms with Gasteiger partial charge in [-0.2, -0.15) is 5.10 Å². The highest BCUT2D eigenvalue weighted by molar-refractivity contribution is 5.69. The van der Waals surface area contributed by atoms with Gasteiger partial charge in [0.25, 0.3) is 0 Å². The molecule has 0 spiro atoms. The van der Waals surface area contributed by atoms with Crippen LogP contribution < -0.4 is 10.6 Å². The number of rotatable bonds is 7. The van der Waals surface area contributed by atoms with Gasteiger partial charge in [0, 0.05) is 55.2 Å². The Hall–Kier alpha value is -3.25. The van der Waals surface area contributed by atoms with E-state index in [9.17, 15) is 4.79 Å². The lowest BCUT2D eigenvalue weighted by atomic mass is 9.50. The molecule has 3 aromatic heterocycles. The van der Waals surface area contributed by atoms with Crippen LogP contribution in [0.3, 0.4) is 0 Å². The summed E-state index contributed by atoms with van der Waals surface area (Å²) >= 11 is 0. The Labute approximate surface area is 213 Å². The normalized spacial score (nSPS) is 31.1. The van der Waals surface area contributed by atoms with Crippen molar-refractivity contribution < 1.29 is 18.7 Å². The molecule has 4 saturated carbocycles. The van der Waals surface area contributed by atoms with Gasteiger partial charge in [0.2, 0.25) is 5.95 Å². The maximum Gasteiger partial charge on any atom is 0.407 e. The smallest absolute Gasteiger partial charge is 0.407 e. The van der Waals surface area contributed by atoms with Crippen LogP contribution >= 0.6 is 0 Å². The maximum absolute atomic E-state index is 15.3. The van der Waals surface area contributed by atoms with E-state index in [1.54, 1.807) is 12.3 Å². The van der Waals surface area contributed by atoms with Gasteiger partial charge in [-0.15, -0.1) is 0 Å². The van der Waals surface area contributed by atoms with E-state index in [4.69, 9.17) is 14.5 Å². The molecule has 1 aliphatic heterocycles. The average Bonchev–Trinajstić information content (AvgIpc) is 3.56. The molecular weight excluding hydrogens is 479 g/mol. The Kier molecular flexibility index (Phi) is 5.54. The Balaban J connectivity index is 0.996. The van der Waals surface area contributed by atoms with Crippen molar-refractivity contribution in [3.8, 4) is 0 Å². The van der Waals surface area contributed by atoms with Crippen LogP contribution in [0.2, 0.25) is 0 Å². The van der Waals surface area contributed by atoms with Crippen LogP contribution in [0.1, 0.15) is 49.4 Å². The summed E-state index contributed by atoms with van der Waals surface area (Å²) in [7, 11) is 0. The van der Waals surface area contributed by atoms with Crippen molar-refractivity contribution >= 4 is 23.5 Å². The summed E-state index contributed by atoms with van der Waals surface area (Å²) in [5, 5.41) is 13.5. The van der Waals surface area contributed by atoms with Crippen molar-refractivity contribution in [2.45, 2.75) is 62.4 Å². The van der Waals surface area contributed by atoms with E-state index in [0.29, 0.717) is 30.3 Å². The molecule has 1 amide bonds. The second-order valence-corrected chi connectivity index (χ2v) is 10.9. The van der Waals surface area contributed by atoms with Crippen LogP contribution in [0.25, 0.3) is 5.65 Å². The number of H-pyrrole nitrogens is 1. The Morgan fingerprint density at radius 2 is 2.11 bits per heavy atom. The molecule has 8 rings (SSSR count). The van der Waals surface area contributed by atoms with Gasteiger partial charge in [0.15, 0.2) is 5.82 Å². The van der Waals surface area contributed by atoms with Gasteiger partial charge in [0.1, 0.15) is 17.9 Å². The van der Waals surface area contributed by atoms with Crippen molar-refractivity contribution in [3.05, 3.63) is 35.9 Å². The van der Waals surface area contributed by atoms with Crippen LogP contribution in [0.5, 0.6) is 0 Å². The summed E-state index contributed by atoms with van der Waals surface area (Å²) in [6.07, 6.45) is 5.28. The number of alkyl halides is 1. The molecule has 5 fully saturated rings. The van der Waals surface area contributed by atoms with Gasteiger partial charge in [-0.1, -0.05) is 0 Å². The van der Waals surface area contributed by atoms with Crippen LogP contribution in [0.4, 0.5) is 21.0 Å². The molecule has 4 aliphatic carbocycles. The van der Waals surface area contributed by atoms with Crippen LogP contribution in [0, 0.1) is 5.92 Å². The molecule has 3 aromatic rings. The number of halogens is 1. The fourth-order valence-electron chi connectivity index (χ4n) is 6.22. The zero-order valence-electron chi connectivity index (χ0n) is 20.5. The average molecular weight is 511 g/mol. The van der Waals surface area contributed by atoms with E-state index in [-0.39, 0.29) is 5.54 Å². The number of carbonyl (C=O) groups is 1. The van der Waals surface area contributed by atoms with E-state index in [1.807, 2.05) is 16.7 Å². The lowest BCUT2D eigenvalue weighted by molar-refractivity contribution is -0.0532. The van der Waals surface area contributed by atoms with Crippen molar-refractivity contribution in [3.63, 3.8) is 0 Å². The van der Waals surface area contributed by atoms with Crippen LogP contribution in [-0.4, -0.2) is 79.7 Å². The fourth-order valence-corrected chi connectivity index (χ4v) is 6.22. The molecule has 0 aromatic carbocycles. The van der Waals surface area contributed by atoms with Gasteiger partial charge in [-0.05, 0) is 44.1 Å². The highest BCUT2D eigenvalue weighted by Crippen LogP contribution is 2.57. The number of aromatic amines is 1. The summed E-state index contributed by atoms with van der Waals surface area (Å²) in [6, 6.07) is 3.66. The summed E-state index contributed by atoms with van der Waals surface area (Å²) < 4.78 is 28.1. The fraction of sp³-hybridized carbons (Fsp3) is 0.600. The summed E-state index contributed by atoms with van der Waals surface area (Å²) in [4.78, 5) is 23.8. The van der Waals surface area contributed by atoms with Crippen LogP contribution in [0.15, 0.2) is 24.5 Å². The number of nitrogens with zero attached hydrogens (tertiary/aromatic N) is 5. The van der Waals surface area contributed by atoms with Gasteiger partial charge < -0.3 is 20.1 Å². The van der Waals surface area contributed by atoms with E-state index < -0.39 is 24.3 Å². The van der Waals surface area contributed by atoms with Crippen molar-refractivity contribution in [2.24, 2.45) is 5.92 Å². The summed E-state index contributed by atoms with van der Waals surface area (Å²) in [5.74, 6) is 1.46. The maximum atomic E-state index is 15.3. The van der Waals surface area contributed by atoms with Gasteiger partial charge in [-0.25, -0.2) is 19.2 Å². The SMILES string of the molecule is O=C(NC12CC(C1)C2)O[C@@H]1CC[C@H](c2cc(Nc3nccc4nc(CN5CCOCC5)cn34)n[nH]2)[C@H]1F. The number of morpholine rings is 1. The second-order valence-electron chi connectivity index (χ2n) is 10.9. The molecular formula is C25H31FN8O3. The van der Waals surface area contributed by atoms with Gasteiger partial charge in [0.05, 0.1) is 18.9 Å². The van der Waals surface area contributed by atoms with E-state index in [1.165, 1.54) is 0 Å². The van der Waals surface area contributed by atoms with E-state index in [0.717, 1.165) is 69.4 Å². The van der Waals surface area contributed by atoms with E-state index in [2.05, 4.69) is 30.7 Å². The molecule has 5 aliphatic rings. The number of alkyl carbamates (subject to hydrolysis) is 1. The summed E-state index contributed by atoms with van der Waals surface area (Å²) in [6.45, 7) is 4.01. The lowest BCUT2D eigenvalue weighted by Gasteiger charge is -2.61. The number of amides is 1. The number of carbonyl (C=O) groups excluding carboxylic acids is 1. The Bertz CT molecular complexity index is 1290. The number of hydrogen-bond acceptors (Lipinski definition) is 8. The first-order valence-corrected chi connectivity index (χ1v) is 13.1. The monoisotopic (exact) mass is 510 g/mol. The third kappa shape index (κ3) is 4.31. The molecule has 3 atom stereocenters. The van der Waals surface area contributed by atoms with E-state index >= 15 is 4.39 Å². The first-order valence-electron chi connectivity index (χ1n) is 13.1. The zero-order chi connectivity index (χ0) is 25.0. The number of nitrogens with one attached hydrogen (secondary N) is 3. The highest BCUT2D eigenvalue weighted by Gasteiger charge is 2.58. The molecule has 12 heteroatoms. The standard InChI is InChI=1S/C25H31FN8O3/c26-22-17(1-2-19(22)37-24(35)30-25-10-15(11-25)12-25)18-9-20(32-31-18)29-23-27-4-3-21-28-16(14-34(21)23)13-33-5-7-36-8-6-33/h3-4,9,14-15,17,19,22H,1-2,5-8,10-13H2,(H,30,35)(H2,27,29,31,32)/t15?,17-,19-,22-,25?/m1/s1. The molecule has 4 heterocycles. The molecule has 3 N–H and O–H groups in total. The minimum Gasteiger partial charge on any atom is -0.443 e. The molecule has 11 nitrogen and oxygen atoms in total. The van der Waals surface area contributed by atoms with Crippen LogP contribution in [-0.2, 0) is 16.0 Å². The Morgan fingerprint density at radius 1 is 1.27 bits per heavy atom. The predicted octanol–water partition coefficient (Wildman–Crippen LogP) is 2.89. The first kappa shape index (κ1) is 22.9. The first-order chi connectivity index (χ1) is 18.0. The third-order valence-corrected chi connectivity index (χ3v) is 8.32. The second kappa shape index (κ2) is 8.95. The number of anilines is 2.